The van der Waals surface area contributed by atoms with Crippen LogP contribution in [0.1, 0.15) is 34.0 Å². The Morgan fingerprint density at radius 1 is 1.16 bits per heavy atom. The van der Waals surface area contributed by atoms with Gasteiger partial charge in [-0.1, -0.05) is 23.8 Å². The van der Waals surface area contributed by atoms with Crippen LogP contribution in [0.2, 0.25) is 0 Å². The Morgan fingerprint density at radius 3 is 2.37 bits per heavy atom. The topological polar surface area (TPSA) is 50.9 Å². The van der Waals surface area contributed by atoms with E-state index in [0.29, 0.717) is 0 Å². The number of rotatable bonds is 4. The van der Waals surface area contributed by atoms with E-state index >= 15 is 0 Å². The van der Waals surface area contributed by atoms with Gasteiger partial charge in [-0.3, -0.25) is 16.3 Å². The van der Waals surface area contributed by atoms with Crippen LogP contribution in [0.5, 0.6) is 0 Å². The number of nitrogens with two attached hydrogens (primary N) is 1. The van der Waals surface area contributed by atoms with Crippen LogP contribution in [0, 0.1) is 20.8 Å². The van der Waals surface area contributed by atoms with Crippen LogP contribution in [0.15, 0.2) is 36.5 Å². The van der Waals surface area contributed by atoms with Gasteiger partial charge in [0.1, 0.15) is 0 Å². The van der Waals surface area contributed by atoms with Crippen molar-refractivity contribution in [2.45, 2.75) is 33.2 Å². The predicted octanol–water partition coefficient (Wildman–Crippen LogP) is 2.75. The summed E-state index contributed by atoms with van der Waals surface area (Å²) >= 11 is 0. The number of hydrogen-bond donors (Lipinski definition) is 2. The van der Waals surface area contributed by atoms with Crippen molar-refractivity contribution in [1.29, 1.82) is 0 Å². The van der Waals surface area contributed by atoms with Gasteiger partial charge in [-0.05, 0) is 56.0 Å². The number of nitrogens with zero attached hydrogens (tertiary/aromatic N) is 1. The fourth-order valence-electron chi connectivity index (χ4n) is 2.57. The Hall–Kier alpha value is -1.71. The number of pyridine rings is 1. The highest BCUT2D eigenvalue weighted by molar-refractivity contribution is 5.38. The Bertz CT molecular complexity index is 526. The van der Waals surface area contributed by atoms with Gasteiger partial charge in [0.15, 0.2) is 0 Å². The molecular weight excluding hydrogens is 234 g/mol. The third kappa shape index (κ3) is 3.19. The molecule has 0 saturated carbocycles. The molecule has 0 saturated heterocycles. The van der Waals surface area contributed by atoms with E-state index in [1.54, 1.807) is 6.20 Å². The molecular formula is C16H21N3. The summed E-state index contributed by atoms with van der Waals surface area (Å²) in [5.41, 5.74) is 9.12. The van der Waals surface area contributed by atoms with Gasteiger partial charge in [0, 0.05) is 6.20 Å². The molecule has 0 spiro atoms. The summed E-state index contributed by atoms with van der Waals surface area (Å²) in [7, 11) is 0. The molecule has 1 unspecified atom stereocenters. The summed E-state index contributed by atoms with van der Waals surface area (Å²) in [5.74, 6) is 5.69. The van der Waals surface area contributed by atoms with Crippen molar-refractivity contribution in [3.05, 3.63) is 64.5 Å². The molecule has 19 heavy (non-hydrogen) atoms. The van der Waals surface area contributed by atoms with Gasteiger partial charge in [-0.15, -0.1) is 0 Å². The van der Waals surface area contributed by atoms with Crippen LogP contribution in [0.25, 0.3) is 0 Å². The first-order chi connectivity index (χ1) is 9.11. The fourth-order valence-corrected chi connectivity index (χ4v) is 2.57. The third-order valence-electron chi connectivity index (χ3n) is 3.49. The molecule has 0 bridgehead atoms. The number of nitrogens with one attached hydrogen (secondary N) is 1. The molecule has 100 valence electrons. The minimum atomic E-state index is 0.0429. The maximum absolute atomic E-state index is 5.69. The van der Waals surface area contributed by atoms with Crippen LogP contribution in [-0.4, -0.2) is 4.98 Å². The van der Waals surface area contributed by atoms with Crippen LogP contribution in [-0.2, 0) is 6.42 Å². The first-order valence-electron chi connectivity index (χ1n) is 6.55. The SMILES string of the molecule is Cc1cc(C)c(CC(NN)c2ccccn2)c(C)c1. The summed E-state index contributed by atoms with van der Waals surface area (Å²) in [6, 6.07) is 10.4. The average molecular weight is 255 g/mol. The highest BCUT2D eigenvalue weighted by atomic mass is 15.2. The van der Waals surface area contributed by atoms with E-state index in [-0.39, 0.29) is 6.04 Å². The number of aryl methyl sites for hydroxylation is 3. The van der Waals surface area contributed by atoms with Crippen molar-refractivity contribution in [2.24, 2.45) is 5.84 Å². The second kappa shape index (κ2) is 5.95. The lowest BCUT2D eigenvalue weighted by Gasteiger charge is -2.19. The largest absolute Gasteiger partial charge is 0.271 e. The number of hydrazine groups is 1. The van der Waals surface area contributed by atoms with E-state index in [2.05, 4.69) is 43.3 Å². The van der Waals surface area contributed by atoms with Gasteiger partial charge < -0.3 is 0 Å². The molecule has 0 fully saturated rings. The maximum atomic E-state index is 5.69. The van der Waals surface area contributed by atoms with Crippen molar-refractivity contribution in [3.8, 4) is 0 Å². The van der Waals surface area contributed by atoms with Gasteiger partial charge in [0.25, 0.3) is 0 Å². The molecule has 3 nitrogen and oxygen atoms in total. The zero-order chi connectivity index (χ0) is 13.8. The Labute approximate surface area is 114 Å². The molecule has 0 radical (unpaired) electrons. The summed E-state index contributed by atoms with van der Waals surface area (Å²) in [5, 5.41) is 0. The molecule has 0 aliphatic heterocycles. The first-order valence-corrected chi connectivity index (χ1v) is 6.55. The predicted molar refractivity (Wildman–Crippen MR) is 78.7 cm³/mol. The molecule has 1 atom stereocenters. The van der Waals surface area contributed by atoms with Crippen molar-refractivity contribution in [3.63, 3.8) is 0 Å². The fraction of sp³-hybridized carbons (Fsp3) is 0.312. The molecule has 0 amide bonds. The number of hydrogen-bond acceptors (Lipinski definition) is 3. The smallest absolute Gasteiger partial charge is 0.0672 e. The lowest BCUT2D eigenvalue weighted by Crippen LogP contribution is -2.30. The van der Waals surface area contributed by atoms with Gasteiger partial charge in [0.05, 0.1) is 11.7 Å². The van der Waals surface area contributed by atoms with Crippen molar-refractivity contribution >= 4 is 0 Å². The Balaban J connectivity index is 2.29. The molecule has 1 aromatic carbocycles. The molecule has 3 N–H and O–H groups in total. The average Bonchev–Trinajstić information content (AvgIpc) is 2.39. The lowest BCUT2D eigenvalue weighted by molar-refractivity contribution is 0.536. The summed E-state index contributed by atoms with van der Waals surface area (Å²) in [4.78, 5) is 4.38. The molecule has 3 heteroatoms. The van der Waals surface area contributed by atoms with E-state index in [9.17, 15) is 0 Å². The number of aromatic nitrogens is 1. The molecule has 2 rings (SSSR count). The van der Waals surface area contributed by atoms with E-state index < -0.39 is 0 Å². The number of benzene rings is 1. The first kappa shape index (κ1) is 13.7. The van der Waals surface area contributed by atoms with Crippen molar-refractivity contribution in [1.82, 2.24) is 10.4 Å². The Kier molecular flexibility index (Phi) is 4.30. The normalized spacial score (nSPS) is 12.4. The second-order valence-electron chi connectivity index (χ2n) is 5.06. The molecule has 2 aromatic rings. The van der Waals surface area contributed by atoms with Gasteiger partial charge in [-0.25, -0.2) is 0 Å². The second-order valence-corrected chi connectivity index (χ2v) is 5.06. The quantitative estimate of drug-likeness (QED) is 0.652. The third-order valence-corrected chi connectivity index (χ3v) is 3.49. The molecule has 1 heterocycles. The molecule has 0 aliphatic carbocycles. The van der Waals surface area contributed by atoms with E-state index in [1.807, 2.05) is 18.2 Å². The zero-order valence-corrected chi connectivity index (χ0v) is 11.8. The zero-order valence-electron chi connectivity index (χ0n) is 11.8. The van der Waals surface area contributed by atoms with Gasteiger partial charge in [-0.2, -0.15) is 0 Å². The van der Waals surface area contributed by atoms with E-state index in [1.165, 1.54) is 22.3 Å². The summed E-state index contributed by atoms with van der Waals surface area (Å²) < 4.78 is 0. The van der Waals surface area contributed by atoms with E-state index in [0.717, 1.165) is 12.1 Å². The lowest BCUT2D eigenvalue weighted by atomic mass is 9.93. The molecule has 0 aliphatic rings. The Morgan fingerprint density at radius 2 is 1.84 bits per heavy atom. The van der Waals surface area contributed by atoms with Gasteiger partial charge >= 0.3 is 0 Å². The molecule has 1 aromatic heterocycles. The van der Waals surface area contributed by atoms with Crippen molar-refractivity contribution in [2.75, 3.05) is 0 Å². The highest BCUT2D eigenvalue weighted by Gasteiger charge is 2.14. The highest BCUT2D eigenvalue weighted by Crippen LogP contribution is 2.22. The van der Waals surface area contributed by atoms with Crippen LogP contribution < -0.4 is 11.3 Å². The monoisotopic (exact) mass is 255 g/mol. The van der Waals surface area contributed by atoms with Crippen LogP contribution in [0.4, 0.5) is 0 Å². The van der Waals surface area contributed by atoms with Gasteiger partial charge in [0.2, 0.25) is 0 Å². The summed E-state index contributed by atoms with van der Waals surface area (Å²) in [6.07, 6.45) is 2.65. The standard InChI is InChI=1S/C16H21N3/c1-11-8-12(2)14(13(3)9-11)10-16(19-17)15-6-4-5-7-18-15/h4-9,16,19H,10,17H2,1-3H3. The van der Waals surface area contributed by atoms with Crippen molar-refractivity contribution < 1.29 is 0 Å². The minimum Gasteiger partial charge on any atom is -0.271 e. The van der Waals surface area contributed by atoms with E-state index in [4.69, 9.17) is 5.84 Å². The maximum Gasteiger partial charge on any atom is 0.0672 e. The summed E-state index contributed by atoms with van der Waals surface area (Å²) in [6.45, 7) is 6.43. The minimum absolute atomic E-state index is 0.0429. The van der Waals surface area contributed by atoms with Crippen LogP contribution >= 0.6 is 0 Å². The van der Waals surface area contributed by atoms with Crippen LogP contribution in [0.3, 0.4) is 0 Å².